The number of nitrogens with one attached hydrogen (secondary N) is 2. The van der Waals surface area contributed by atoms with Gasteiger partial charge in [-0.2, -0.15) is 5.10 Å². The van der Waals surface area contributed by atoms with Gasteiger partial charge in [-0.1, -0.05) is 19.3 Å². The number of anilines is 1. The van der Waals surface area contributed by atoms with Crippen LogP contribution in [0.5, 0.6) is 0 Å². The van der Waals surface area contributed by atoms with Crippen molar-refractivity contribution in [3.8, 4) is 0 Å². The average molecular weight is 318 g/mol. The van der Waals surface area contributed by atoms with Crippen LogP contribution in [-0.2, 0) is 4.74 Å². The van der Waals surface area contributed by atoms with E-state index in [2.05, 4.69) is 15.7 Å². The summed E-state index contributed by atoms with van der Waals surface area (Å²) >= 11 is 0. The number of carbonyl (C=O) groups excluding carboxylic acids is 1. The molecule has 6 heteroatoms. The normalized spacial score (nSPS) is 26.9. The van der Waals surface area contributed by atoms with Gasteiger partial charge in [0.1, 0.15) is 0 Å². The topological polar surface area (TPSA) is 68.2 Å². The summed E-state index contributed by atoms with van der Waals surface area (Å²) in [5.74, 6) is 0. The molecule has 2 heterocycles. The Morgan fingerprint density at radius 2 is 2.04 bits per heavy atom. The van der Waals surface area contributed by atoms with Crippen molar-refractivity contribution in [3.63, 3.8) is 0 Å². The van der Waals surface area contributed by atoms with Crippen molar-refractivity contribution in [2.24, 2.45) is 0 Å². The van der Waals surface area contributed by atoms with Crippen LogP contribution < -0.4 is 10.6 Å². The van der Waals surface area contributed by atoms with Gasteiger partial charge in [-0.15, -0.1) is 0 Å². The van der Waals surface area contributed by atoms with Crippen molar-refractivity contribution < 1.29 is 9.53 Å². The Morgan fingerprint density at radius 1 is 1.22 bits per heavy atom. The number of carbonyl (C=O) groups is 1. The van der Waals surface area contributed by atoms with E-state index in [0.717, 1.165) is 31.6 Å². The highest BCUT2D eigenvalue weighted by Crippen LogP contribution is 2.39. The molecular weight excluding hydrogens is 292 g/mol. The number of amides is 2. The van der Waals surface area contributed by atoms with Gasteiger partial charge in [0, 0.05) is 12.8 Å². The minimum atomic E-state index is -0.140. The monoisotopic (exact) mass is 318 g/mol. The van der Waals surface area contributed by atoms with Crippen molar-refractivity contribution in [2.75, 3.05) is 11.9 Å². The standard InChI is InChI=1S/C17H26N4O2/c22-16(19-13-11-18-21(12-13)14-5-4-6-14)20-15-7-10-23-17(15)8-2-1-3-9-17/h11-12,14-15H,1-10H2,(H2,19,20,22). The van der Waals surface area contributed by atoms with Gasteiger partial charge < -0.3 is 15.4 Å². The van der Waals surface area contributed by atoms with E-state index in [4.69, 9.17) is 4.74 Å². The molecule has 4 rings (SSSR count). The molecule has 0 bridgehead atoms. The fourth-order valence-corrected chi connectivity index (χ4v) is 4.17. The number of rotatable bonds is 3. The second-order valence-corrected chi connectivity index (χ2v) is 7.21. The lowest BCUT2D eigenvalue weighted by atomic mass is 9.80. The summed E-state index contributed by atoms with van der Waals surface area (Å²) in [6, 6.07) is 0.505. The number of hydrogen-bond donors (Lipinski definition) is 2. The van der Waals surface area contributed by atoms with Crippen LogP contribution in [-0.4, -0.2) is 34.1 Å². The fourth-order valence-electron chi connectivity index (χ4n) is 4.17. The molecule has 3 aliphatic rings. The van der Waals surface area contributed by atoms with Crippen LogP contribution >= 0.6 is 0 Å². The Kier molecular flexibility index (Phi) is 4.01. The first-order chi connectivity index (χ1) is 11.3. The molecule has 2 aliphatic carbocycles. The molecule has 3 fully saturated rings. The van der Waals surface area contributed by atoms with Crippen LogP contribution in [0.25, 0.3) is 0 Å². The molecular formula is C17H26N4O2. The summed E-state index contributed by atoms with van der Waals surface area (Å²) in [5.41, 5.74) is 0.650. The summed E-state index contributed by atoms with van der Waals surface area (Å²) in [5, 5.41) is 10.4. The molecule has 1 atom stereocenters. The highest BCUT2D eigenvalue weighted by atomic mass is 16.5. The van der Waals surface area contributed by atoms with E-state index in [9.17, 15) is 4.79 Å². The van der Waals surface area contributed by atoms with Crippen molar-refractivity contribution in [2.45, 2.75) is 75.5 Å². The first kappa shape index (κ1) is 15.0. The van der Waals surface area contributed by atoms with Gasteiger partial charge in [0.15, 0.2) is 0 Å². The molecule has 6 nitrogen and oxygen atoms in total. The minimum absolute atomic E-state index is 0.119. The van der Waals surface area contributed by atoms with Crippen molar-refractivity contribution >= 4 is 11.7 Å². The van der Waals surface area contributed by atoms with Crippen LogP contribution in [0.2, 0.25) is 0 Å². The number of ether oxygens (including phenoxy) is 1. The smallest absolute Gasteiger partial charge is 0.319 e. The summed E-state index contributed by atoms with van der Waals surface area (Å²) in [4.78, 5) is 12.3. The van der Waals surface area contributed by atoms with Gasteiger partial charge in [-0.25, -0.2) is 4.79 Å². The molecule has 1 saturated heterocycles. The second kappa shape index (κ2) is 6.15. The van der Waals surface area contributed by atoms with E-state index in [0.29, 0.717) is 6.04 Å². The molecule has 1 aliphatic heterocycles. The number of hydrogen-bond acceptors (Lipinski definition) is 3. The van der Waals surface area contributed by atoms with E-state index >= 15 is 0 Å². The van der Waals surface area contributed by atoms with Gasteiger partial charge in [0.05, 0.1) is 29.6 Å². The van der Waals surface area contributed by atoms with Gasteiger partial charge >= 0.3 is 6.03 Å². The quantitative estimate of drug-likeness (QED) is 0.899. The van der Waals surface area contributed by atoms with Crippen LogP contribution in [0, 0.1) is 0 Å². The largest absolute Gasteiger partial charge is 0.373 e. The molecule has 23 heavy (non-hydrogen) atoms. The van der Waals surface area contributed by atoms with E-state index in [-0.39, 0.29) is 17.7 Å². The van der Waals surface area contributed by atoms with Gasteiger partial charge in [0.25, 0.3) is 0 Å². The Labute approximate surface area is 137 Å². The third kappa shape index (κ3) is 2.96. The Bertz CT molecular complexity index is 561. The average Bonchev–Trinajstić information content (AvgIpc) is 3.07. The Balaban J connectivity index is 1.35. The number of urea groups is 1. The SMILES string of the molecule is O=C(Nc1cnn(C2CCC2)c1)NC1CCOC12CCCCC2. The Morgan fingerprint density at radius 3 is 2.78 bits per heavy atom. The predicted molar refractivity (Wildman–Crippen MR) is 87.4 cm³/mol. The van der Waals surface area contributed by atoms with E-state index < -0.39 is 0 Å². The van der Waals surface area contributed by atoms with Crippen LogP contribution in [0.1, 0.15) is 63.8 Å². The van der Waals surface area contributed by atoms with Crippen LogP contribution in [0.15, 0.2) is 12.4 Å². The zero-order chi connectivity index (χ0) is 15.7. The predicted octanol–water partition coefficient (Wildman–Crippen LogP) is 3.22. The maximum absolute atomic E-state index is 12.3. The molecule has 1 spiro atoms. The first-order valence-corrected chi connectivity index (χ1v) is 9.01. The number of aromatic nitrogens is 2. The molecule has 1 aromatic heterocycles. The molecule has 2 N–H and O–H groups in total. The van der Waals surface area contributed by atoms with Crippen molar-refractivity contribution in [1.82, 2.24) is 15.1 Å². The lowest BCUT2D eigenvalue weighted by Crippen LogP contribution is -2.51. The van der Waals surface area contributed by atoms with Gasteiger partial charge in [0.2, 0.25) is 0 Å². The van der Waals surface area contributed by atoms with Crippen molar-refractivity contribution in [1.29, 1.82) is 0 Å². The third-order valence-electron chi connectivity index (χ3n) is 5.74. The zero-order valence-corrected chi connectivity index (χ0v) is 13.6. The lowest BCUT2D eigenvalue weighted by Gasteiger charge is -2.37. The van der Waals surface area contributed by atoms with Gasteiger partial charge in [-0.05, 0) is 38.5 Å². The molecule has 2 saturated carbocycles. The minimum Gasteiger partial charge on any atom is -0.373 e. The van der Waals surface area contributed by atoms with Crippen molar-refractivity contribution in [3.05, 3.63) is 12.4 Å². The van der Waals surface area contributed by atoms with E-state index in [1.165, 1.54) is 38.5 Å². The zero-order valence-electron chi connectivity index (χ0n) is 13.6. The fraction of sp³-hybridized carbons (Fsp3) is 0.765. The van der Waals surface area contributed by atoms with Gasteiger partial charge in [-0.3, -0.25) is 4.68 Å². The summed E-state index contributed by atoms with van der Waals surface area (Å²) in [6.45, 7) is 0.755. The van der Waals surface area contributed by atoms with Crippen LogP contribution in [0.4, 0.5) is 10.5 Å². The molecule has 2 amide bonds. The van der Waals surface area contributed by atoms with E-state index in [1.807, 2.05) is 10.9 Å². The van der Waals surface area contributed by atoms with Crippen LogP contribution in [0.3, 0.4) is 0 Å². The first-order valence-electron chi connectivity index (χ1n) is 9.01. The molecule has 0 aromatic carbocycles. The second-order valence-electron chi connectivity index (χ2n) is 7.21. The molecule has 1 unspecified atom stereocenters. The third-order valence-corrected chi connectivity index (χ3v) is 5.74. The maximum atomic E-state index is 12.3. The molecule has 126 valence electrons. The summed E-state index contributed by atoms with van der Waals surface area (Å²) in [7, 11) is 0. The lowest BCUT2D eigenvalue weighted by molar-refractivity contribution is -0.0365. The summed E-state index contributed by atoms with van der Waals surface area (Å²) < 4.78 is 8.02. The Hall–Kier alpha value is -1.56. The highest BCUT2D eigenvalue weighted by Gasteiger charge is 2.45. The molecule has 0 radical (unpaired) electrons. The maximum Gasteiger partial charge on any atom is 0.319 e. The summed E-state index contributed by atoms with van der Waals surface area (Å²) in [6.07, 6.45) is 14.1. The number of nitrogens with zero attached hydrogens (tertiary/aromatic N) is 2. The molecule has 1 aromatic rings. The van der Waals surface area contributed by atoms with E-state index in [1.54, 1.807) is 6.20 Å². The highest BCUT2D eigenvalue weighted by molar-refractivity contribution is 5.89.